The zero-order valence-corrected chi connectivity index (χ0v) is 10.7. The Hall–Kier alpha value is -0.0800. The van der Waals surface area contributed by atoms with Crippen LogP contribution >= 0.6 is 0 Å². The fraction of sp³-hybridized carbons (Fsp3) is 1.00. The molecule has 1 aliphatic heterocycles. The Morgan fingerprint density at radius 1 is 1.20 bits per heavy atom. The van der Waals surface area contributed by atoms with Gasteiger partial charge >= 0.3 is 0 Å². The zero-order chi connectivity index (χ0) is 11.4. The minimum atomic E-state index is -0.0825. The smallest absolute Gasteiger partial charge is 0.0682 e. The molecule has 0 aromatic heterocycles. The van der Waals surface area contributed by atoms with Crippen molar-refractivity contribution in [2.75, 3.05) is 13.1 Å². The third-order valence-corrected chi connectivity index (χ3v) is 3.24. The van der Waals surface area contributed by atoms with Crippen LogP contribution in [0.5, 0.6) is 0 Å². The van der Waals surface area contributed by atoms with Gasteiger partial charge in [0.1, 0.15) is 0 Å². The van der Waals surface area contributed by atoms with E-state index in [0.29, 0.717) is 6.04 Å². The number of nitrogens with zero attached hydrogens (tertiary/aromatic N) is 1. The van der Waals surface area contributed by atoms with Crippen molar-refractivity contribution in [2.45, 2.75) is 59.1 Å². The SMILES string of the molecule is CC(C)CCN1C[C@@H](O)C[C@@H]1CC(C)C. The highest BCUT2D eigenvalue weighted by atomic mass is 16.3. The van der Waals surface area contributed by atoms with E-state index < -0.39 is 0 Å². The average molecular weight is 213 g/mol. The minimum Gasteiger partial charge on any atom is -0.392 e. The summed E-state index contributed by atoms with van der Waals surface area (Å²) >= 11 is 0. The average Bonchev–Trinajstić information content (AvgIpc) is 2.41. The van der Waals surface area contributed by atoms with Gasteiger partial charge in [0.15, 0.2) is 0 Å². The predicted molar refractivity (Wildman–Crippen MR) is 64.9 cm³/mol. The zero-order valence-electron chi connectivity index (χ0n) is 10.7. The highest BCUT2D eigenvalue weighted by Gasteiger charge is 2.30. The standard InChI is InChI=1S/C13H27NO/c1-10(2)5-6-14-9-13(15)8-12(14)7-11(3)4/h10-13,15H,5-9H2,1-4H3/t12-,13-/m0/s1. The Labute approximate surface area is 94.7 Å². The summed E-state index contributed by atoms with van der Waals surface area (Å²) in [5.41, 5.74) is 0. The molecule has 1 fully saturated rings. The second kappa shape index (κ2) is 5.86. The normalized spacial score (nSPS) is 28.2. The summed E-state index contributed by atoms with van der Waals surface area (Å²) in [7, 11) is 0. The van der Waals surface area contributed by atoms with Crippen LogP contribution in [0.1, 0.15) is 47.0 Å². The summed E-state index contributed by atoms with van der Waals surface area (Å²) in [6, 6.07) is 0.624. The molecular weight excluding hydrogens is 186 g/mol. The van der Waals surface area contributed by atoms with Crippen molar-refractivity contribution in [1.82, 2.24) is 4.90 Å². The maximum Gasteiger partial charge on any atom is 0.0682 e. The van der Waals surface area contributed by atoms with Crippen LogP contribution in [0.4, 0.5) is 0 Å². The van der Waals surface area contributed by atoms with Crippen LogP contribution in [0.15, 0.2) is 0 Å². The Bertz CT molecular complexity index is 179. The highest BCUT2D eigenvalue weighted by molar-refractivity contribution is 4.85. The molecule has 1 saturated heterocycles. The maximum atomic E-state index is 9.71. The van der Waals surface area contributed by atoms with Gasteiger partial charge in [-0.15, -0.1) is 0 Å². The fourth-order valence-electron chi connectivity index (χ4n) is 2.44. The number of hydrogen-bond donors (Lipinski definition) is 1. The van der Waals surface area contributed by atoms with Crippen LogP contribution < -0.4 is 0 Å². The molecule has 0 spiro atoms. The molecule has 0 radical (unpaired) electrons. The van der Waals surface area contributed by atoms with Crippen molar-refractivity contribution in [2.24, 2.45) is 11.8 Å². The van der Waals surface area contributed by atoms with Gasteiger partial charge in [0.25, 0.3) is 0 Å². The summed E-state index contributed by atoms with van der Waals surface area (Å²) in [6.07, 6.45) is 3.38. The molecule has 0 amide bonds. The van der Waals surface area contributed by atoms with Crippen molar-refractivity contribution in [3.63, 3.8) is 0 Å². The van der Waals surface area contributed by atoms with Gasteiger partial charge in [0, 0.05) is 12.6 Å². The summed E-state index contributed by atoms with van der Waals surface area (Å²) in [5.74, 6) is 1.50. The van der Waals surface area contributed by atoms with E-state index in [-0.39, 0.29) is 6.10 Å². The van der Waals surface area contributed by atoms with Gasteiger partial charge in [-0.2, -0.15) is 0 Å². The first kappa shape index (κ1) is 13.0. The number of aliphatic hydroxyl groups excluding tert-OH is 1. The topological polar surface area (TPSA) is 23.5 Å². The lowest BCUT2D eigenvalue weighted by molar-refractivity contribution is 0.170. The molecule has 0 saturated carbocycles. The minimum absolute atomic E-state index is 0.0825. The van der Waals surface area contributed by atoms with E-state index in [1.54, 1.807) is 0 Å². The van der Waals surface area contributed by atoms with Crippen molar-refractivity contribution < 1.29 is 5.11 Å². The highest BCUT2D eigenvalue weighted by Crippen LogP contribution is 2.24. The third kappa shape index (κ3) is 4.52. The van der Waals surface area contributed by atoms with Gasteiger partial charge in [-0.25, -0.2) is 0 Å². The quantitative estimate of drug-likeness (QED) is 0.758. The summed E-state index contributed by atoms with van der Waals surface area (Å²) in [6.45, 7) is 11.1. The Morgan fingerprint density at radius 3 is 2.40 bits per heavy atom. The van der Waals surface area contributed by atoms with Crippen LogP contribution in [0, 0.1) is 11.8 Å². The molecule has 2 heteroatoms. The van der Waals surface area contributed by atoms with Crippen LogP contribution in [-0.2, 0) is 0 Å². The van der Waals surface area contributed by atoms with E-state index in [0.717, 1.165) is 31.3 Å². The molecular formula is C13H27NO. The van der Waals surface area contributed by atoms with E-state index in [4.69, 9.17) is 0 Å². The maximum absolute atomic E-state index is 9.71. The molecule has 0 aromatic carbocycles. The van der Waals surface area contributed by atoms with Crippen LogP contribution in [0.2, 0.25) is 0 Å². The monoisotopic (exact) mass is 213 g/mol. The van der Waals surface area contributed by atoms with Crippen LogP contribution in [0.25, 0.3) is 0 Å². The summed E-state index contributed by atoms with van der Waals surface area (Å²) in [4.78, 5) is 2.49. The largest absolute Gasteiger partial charge is 0.392 e. The summed E-state index contributed by atoms with van der Waals surface area (Å²) in [5, 5.41) is 9.71. The summed E-state index contributed by atoms with van der Waals surface area (Å²) < 4.78 is 0. The molecule has 1 aliphatic rings. The van der Waals surface area contributed by atoms with E-state index >= 15 is 0 Å². The molecule has 15 heavy (non-hydrogen) atoms. The number of likely N-dealkylation sites (tertiary alicyclic amines) is 1. The molecule has 0 unspecified atom stereocenters. The number of rotatable bonds is 5. The number of hydrogen-bond acceptors (Lipinski definition) is 2. The van der Waals surface area contributed by atoms with Crippen molar-refractivity contribution in [3.05, 3.63) is 0 Å². The molecule has 2 atom stereocenters. The predicted octanol–water partition coefficient (Wildman–Crippen LogP) is 2.51. The van der Waals surface area contributed by atoms with E-state index in [2.05, 4.69) is 32.6 Å². The van der Waals surface area contributed by atoms with Gasteiger partial charge in [-0.1, -0.05) is 27.7 Å². The molecule has 2 nitrogen and oxygen atoms in total. The Morgan fingerprint density at radius 2 is 1.87 bits per heavy atom. The molecule has 90 valence electrons. The van der Waals surface area contributed by atoms with Gasteiger partial charge in [0.05, 0.1) is 6.10 Å². The number of aliphatic hydroxyl groups is 1. The molecule has 1 N–H and O–H groups in total. The molecule has 1 heterocycles. The second-order valence-electron chi connectivity index (χ2n) is 5.85. The van der Waals surface area contributed by atoms with E-state index in [1.807, 2.05) is 0 Å². The van der Waals surface area contributed by atoms with Crippen LogP contribution in [0.3, 0.4) is 0 Å². The molecule has 0 aromatic rings. The second-order valence-corrected chi connectivity index (χ2v) is 5.85. The van der Waals surface area contributed by atoms with E-state index in [1.165, 1.54) is 12.8 Å². The lowest BCUT2D eigenvalue weighted by atomic mass is 10.0. The molecule has 0 aliphatic carbocycles. The van der Waals surface area contributed by atoms with Gasteiger partial charge < -0.3 is 5.11 Å². The molecule has 1 rings (SSSR count). The Kier molecular flexibility index (Phi) is 5.07. The lowest BCUT2D eigenvalue weighted by Crippen LogP contribution is -2.32. The fourth-order valence-corrected chi connectivity index (χ4v) is 2.44. The van der Waals surface area contributed by atoms with Crippen molar-refractivity contribution in [1.29, 1.82) is 0 Å². The first-order valence-corrected chi connectivity index (χ1v) is 6.41. The first-order chi connectivity index (χ1) is 6.99. The van der Waals surface area contributed by atoms with E-state index in [9.17, 15) is 5.11 Å². The van der Waals surface area contributed by atoms with Crippen LogP contribution in [-0.4, -0.2) is 35.2 Å². The Balaban J connectivity index is 2.38. The van der Waals surface area contributed by atoms with Crippen molar-refractivity contribution in [3.8, 4) is 0 Å². The number of β-amino-alcohol motifs (C(OH)–C–C–N with tert-alkyl or cyclic N) is 1. The first-order valence-electron chi connectivity index (χ1n) is 6.41. The van der Waals surface area contributed by atoms with Gasteiger partial charge in [-0.3, -0.25) is 4.90 Å². The molecule has 0 bridgehead atoms. The third-order valence-electron chi connectivity index (χ3n) is 3.24. The van der Waals surface area contributed by atoms with Gasteiger partial charge in [-0.05, 0) is 37.6 Å². The lowest BCUT2D eigenvalue weighted by Gasteiger charge is -2.26. The van der Waals surface area contributed by atoms with Gasteiger partial charge in [0.2, 0.25) is 0 Å². The van der Waals surface area contributed by atoms with Crippen molar-refractivity contribution >= 4 is 0 Å².